The number of nitrogens with zero attached hydrogens (tertiary/aromatic N) is 2. The maximum Gasteiger partial charge on any atom is 0.341 e. The van der Waals surface area contributed by atoms with Crippen LogP contribution in [-0.4, -0.2) is 37.5 Å². The third-order valence-corrected chi connectivity index (χ3v) is 4.23. The van der Waals surface area contributed by atoms with Crippen LogP contribution >= 0.6 is 0 Å². The zero-order chi connectivity index (χ0) is 20.8. The average molecular weight is 385 g/mol. The van der Waals surface area contributed by atoms with Gasteiger partial charge in [0.15, 0.2) is 6.61 Å². The van der Waals surface area contributed by atoms with Crippen molar-refractivity contribution >= 4 is 28.9 Å². The van der Waals surface area contributed by atoms with Crippen molar-refractivity contribution in [2.75, 3.05) is 30.9 Å². The van der Waals surface area contributed by atoms with Gasteiger partial charge in [-0.1, -0.05) is 25.1 Å². The Kier molecular flexibility index (Phi) is 6.70. The van der Waals surface area contributed by atoms with Gasteiger partial charge in [-0.25, -0.2) is 4.79 Å². The maximum absolute atomic E-state index is 12.4. The molecule has 0 saturated carbocycles. The molecule has 8 heteroatoms. The standard InChI is InChI=1S/C20H23N3O5/c1-5-14-8-6-7-13(2)19(14)21-18(24)12-28-20(25)16-11-15(23(26)27)9-10-17(16)22(3)4/h6-11H,5,12H2,1-4H3,(H,21,24). The summed E-state index contributed by atoms with van der Waals surface area (Å²) in [5.74, 6) is -1.28. The largest absolute Gasteiger partial charge is 0.452 e. The molecule has 0 heterocycles. The fourth-order valence-corrected chi connectivity index (χ4v) is 2.78. The van der Waals surface area contributed by atoms with Gasteiger partial charge in [0.25, 0.3) is 11.6 Å². The van der Waals surface area contributed by atoms with Gasteiger partial charge in [0.1, 0.15) is 0 Å². The van der Waals surface area contributed by atoms with Crippen LogP contribution in [-0.2, 0) is 16.0 Å². The van der Waals surface area contributed by atoms with Gasteiger partial charge in [-0.2, -0.15) is 0 Å². The minimum Gasteiger partial charge on any atom is -0.452 e. The molecule has 2 aromatic rings. The molecule has 8 nitrogen and oxygen atoms in total. The molecule has 2 rings (SSSR count). The Morgan fingerprint density at radius 3 is 2.54 bits per heavy atom. The van der Waals surface area contributed by atoms with Crippen LogP contribution in [0.3, 0.4) is 0 Å². The van der Waals surface area contributed by atoms with Crippen molar-refractivity contribution in [2.45, 2.75) is 20.3 Å². The highest BCUT2D eigenvalue weighted by molar-refractivity contribution is 5.99. The molecule has 148 valence electrons. The number of nitro benzene ring substituents is 1. The third-order valence-electron chi connectivity index (χ3n) is 4.23. The highest BCUT2D eigenvalue weighted by Crippen LogP contribution is 2.25. The van der Waals surface area contributed by atoms with E-state index in [4.69, 9.17) is 4.74 Å². The van der Waals surface area contributed by atoms with Crippen molar-refractivity contribution in [1.29, 1.82) is 0 Å². The number of anilines is 2. The van der Waals surface area contributed by atoms with Crippen LogP contribution in [0.4, 0.5) is 17.1 Å². The summed E-state index contributed by atoms with van der Waals surface area (Å²) >= 11 is 0. The van der Waals surface area contributed by atoms with E-state index in [1.54, 1.807) is 19.0 Å². The van der Waals surface area contributed by atoms with E-state index in [2.05, 4.69) is 5.32 Å². The second-order valence-corrected chi connectivity index (χ2v) is 6.44. The Labute approximate surface area is 163 Å². The molecule has 0 aliphatic rings. The van der Waals surface area contributed by atoms with Gasteiger partial charge in [0.2, 0.25) is 0 Å². The zero-order valence-electron chi connectivity index (χ0n) is 16.3. The minimum absolute atomic E-state index is 0.0251. The number of carbonyl (C=O) groups is 2. The second-order valence-electron chi connectivity index (χ2n) is 6.44. The molecule has 1 N–H and O–H groups in total. The Morgan fingerprint density at radius 2 is 1.93 bits per heavy atom. The summed E-state index contributed by atoms with van der Waals surface area (Å²) in [6.07, 6.45) is 0.747. The fraction of sp³-hybridized carbons (Fsp3) is 0.300. The predicted octanol–water partition coefficient (Wildman–Crippen LogP) is 3.33. The van der Waals surface area contributed by atoms with Gasteiger partial charge in [-0.05, 0) is 30.5 Å². The molecule has 1 amide bonds. The minimum atomic E-state index is -0.803. The summed E-state index contributed by atoms with van der Waals surface area (Å²) < 4.78 is 5.10. The number of nitro groups is 1. The summed E-state index contributed by atoms with van der Waals surface area (Å²) in [7, 11) is 3.41. The first-order valence-electron chi connectivity index (χ1n) is 8.75. The number of hydrogen-bond donors (Lipinski definition) is 1. The van der Waals surface area contributed by atoms with E-state index >= 15 is 0 Å². The van der Waals surface area contributed by atoms with Crippen molar-refractivity contribution in [1.82, 2.24) is 0 Å². The average Bonchev–Trinajstić information content (AvgIpc) is 2.66. The SMILES string of the molecule is CCc1cccc(C)c1NC(=O)COC(=O)c1cc([N+](=O)[O-])ccc1N(C)C. The Bertz CT molecular complexity index is 909. The number of esters is 1. The number of aryl methyl sites for hydroxylation is 2. The highest BCUT2D eigenvalue weighted by atomic mass is 16.6. The van der Waals surface area contributed by atoms with Crippen LogP contribution in [0.2, 0.25) is 0 Å². The number of nitrogens with one attached hydrogen (secondary N) is 1. The van der Waals surface area contributed by atoms with Crippen molar-refractivity contribution < 1.29 is 19.2 Å². The molecule has 0 fully saturated rings. The lowest BCUT2D eigenvalue weighted by Crippen LogP contribution is -2.23. The molecule has 0 aliphatic heterocycles. The van der Waals surface area contributed by atoms with Crippen LogP contribution in [0.15, 0.2) is 36.4 Å². The molecule has 0 aliphatic carbocycles. The van der Waals surface area contributed by atoms with Crippen LogP contribution in [0, 0.1) is 17.0 Å². The summed E-state index contributed by atoms with van der Waals surface area (Å²) in [5, 5.41) is 13.8. The van der Waals surface area contributed by atoms with Gasteiger partial charge in [-0.15, -0.1) is 0 Å². The van der Waals surface area contributed by atoms with Crippen LogP contribution in [0.25, 0.3) is 0 Å². The third kappa shape index (κ3) is 4.85. The molecular weight excluding hydrogens is 362 g/mol. The van der Waals surface area contributed by atoms with Gasteiger partial charge in [-0.3, -0.25) is 14.9 Å². The number of rotatable bonds is 7. The van der Waals surface area contributed by atoms with Crippen LogP contribution in [0.5, 0.6) is 0 Å². The van der Waals surface area contributed by atoms with E-state index in [1.807, 2.05) is 32.0 Å². The first kappa shape index (κ1) is 20.9. The van der Waals surface area contributed by atoms with Gasteiger partial charge >= 0.3 is 5.97 Å². The van der Waals surface area contributed by atoms with E-state index in [-0.39, 0.29) is 11.3 Å². The van der Waals surface area contributed by atoms with Crippen LogP contribution < -0.4 is 10.2 Å². The summed E-state index contributed by atoms with van der Waals surface area (Å²) in [6, 6.07) is 9.63. The van der Waals surface area contributed by atoms with E-state index in [9.17, 15) is 19.7 Å². The first-order valence-corrected chi connectivity index (χ1v) is 8.75. The van der Waals surface area contributed by atoms with E-state index < -0.39 is 23.4 Å². The van der Waals surface area contributed by atoms with Crippen molar-refractivity contribution in [3.63, 3.8) is 0 Å². The topological polar surface area (TPSA) is 102 Å². The molecule has 28 heavy (non-hydrogen) atoms. The molecular formula is C20H23N3O5. The molecule has 0 aromatic heterocycles. The number of hydrogen-bond acceptors (Lipinski definition) is 6. The van der Waals surface area contributed by atoms with Gasteiger partial charge in [0.05, 0.1) is 16.2 Å². The van der Waals surface area contributed by atoms with E-state index in [0.29, 0.717) is 11.4 Å². The lowest BCUT2D eigenvalue weighted by Gasteiger charge is -2.17. The quantitative estimate of drug-likeness (QED) is 0.446. The molecule has 0 saturated heterocycles. The fourth-order valence-electron chi connectivity index (χ4n) is 2.78. The summed E-state index contributed by atoms with van der Waals surface area (Å²) in [4.78, 5) is 36.7. The Morgan fingerprint density at radius 1 is 1.21 bits per heavy atom. The van der Waals surface area contributed by atoms with Gasteiger partial charge in [0, 0.05) is 31.9 Å². The van der Waals surface area contributed by atoms with Crippen LogP contribution in [0.1, 0.15) is 28.4 Å². The molecule has 0 radical (unpaired) electrons. The summed E-state index contributed by atoms with van der Waals surface area (Å²) in [5.41, 5.74) is 2.85. The number of non-ortho nitro benzene ring substituents is 1. The number of carbonyl (C=O) groups excluding carboxylic acids is 2. The predicted molar refractivity (Wildman–Crippen MR) is 107 cm³/mol. The molecule has 0 unspecified atom stereocenters. The number of para-hydroxylation sites is 1. The normalized spacial score (nSPS) is 10.3. The number of benzene rings is 2. The summed E-state index contributed by atoms with van der Waals surface area (Å²) in [6.45, 7) is 3.37. The Hall–Kier alpha value is -3.42. The first-order chi connectivity index (χ1) is 13.2. The van der Waals surface area contributed by atoms with E-state index in [0.717, 1.165) is 23.6 Å². The smallest absolute Gasteiger partial charge is 0.341 e. The molecule has 0 atom stereocenters. The molecule has 0 bridgehead atoms. The number of ether oxygens (including phenoxy) is 1. The lowest BCUT2D eigenvalue weighted by molar-refractivity contribution is -0.384. The molecule has 0 spiro atoms. The maximum atomic E-state index is 12.4. The van der Waals surface area contributed by atoms with Crippen molar-refractivity contribution in [3.05, 3.63) is 63.2 Å². The zero-order valence-corrected chi connectivity index (χ0v) is 16.3. The van der Waals surface area contributed by atoms with Gasteiger partial charge < -0.3 is 15.0 Å². The van der Waals surface area contributed by atoms with Crippen molar-refractivity contribution in [2.24, 2.45) is 0 Å². The number of amides is 1. The van der Waals surface area contributed by atoms with E-state index in [1.165, 1.54) is 12.1 Å². The Balaban J connectivity index is 2.13. The highest BCUT2D eigenvalue weighted by Gasteiger charge is 2.20. The monoisotopic (exact) mass is 385 g/mol. The van der Waals surface area contributed by atoms with Crippen molar-refractivity contribution in [3.8, 4) is 0 Å². The lowest BCUT2D eigenvalue weighted by atomic mass is 10.1. The second kappa shape index (κ2) is 8.98. The molecule has 2 aromatic carbocycles.